The maximum absolute atomic E-state index is 12.3. The van der Waals surface area contributed by atoms with Gasteiger partial charge in [-0.25, -0.2) is 0 Å². The van der Waals surface area contributed by atoms with Gasteiger partial charge in [-0.2, -0.15) is 0 Å². The molecule has 0 spiro atoms. The molecule has 1 aromatic carbocycles. The summed E-state index contributed by atoms with van der Waals surface area (Å²) in [6.07, 6.45) is 1.30. The van der Waals surface area contributed by atoms with Crippen molar-refractivity contribution in [3.05, 3.63) is 35.4 Å². The molecule has 0 aromatic heterocycles. The van der Waals surface area contributed by atoms with E-state index < -0.39 is 0 Å². The number of aryl methyl sites for hydroxylation is 1. The van der Waals surface area contributed by atoms with E-state index in [1.165, 1.54) is 6.08 Å². The number of carbonyl (C=O) groups excluding carboxylic acids is 2. The second kappa shape index (κ2) is 8.06. The minimum atomic E-state index is -0.0957. The van der Waals surface area contributed by atoms with E-state index in [0.29, 0.717) is 37.0 Å². The Kier molecular flexibility index (Phi) is 6.09. The monoisotopic (exact) mass is 351 g/mol. The average molecular weight is 352 g/mol. The maximum Gasteiger partial charge on any atom is 0.246 e. The molecular formula is C17H22ClN3O3. The fraction of sp³-hybridized carbons (Fsp3) is 0.412. The number of methoxy groups -OCH3 is 1. The van der Waals surface area contributed by atoms with Gasteiger partial charge in [-0.15, -0.1) is 0 Å². The van der Waals surface area contributed by atoms with Crippen LogP contribution in [0.15, 0.2) is 24.8 Å². The van der Waals surface area contributed by atoms with Gasteiger partial charge in [-0.1, -0.05) is 18.2 Å². The number of piperazine rings is 1. The molecule has 0 atom stereocenters. The van der Waals surface area contributed by atoms with Gasteiger partial charge in [-0.05, 0) is 24.6 Å². The first-order valence-corrected chi connectivity index (χ1v) is 8.11. The summed E-state index contributed by atoms with van der Waals surface area (Å²) in [5.74, 6) is 0.483. The number of nitrogens with zero attached hydrogens (tertiary/aromatic N) is 2. The van der Waals surface area contributed by atoms with E-state index in [0.717, 1.165) is 11.3 Å². The van der Waals surface area contributed by atoms with Crippen molar-refractivity contribution in [3.8, 4) is 5.75 Å². The zero-order valence-corrected chi connectivity index (χ0v) is 14.7. The molecule has 1 aliphatic rings. The lowest BCUT2D eigenvalue weighted by atomic mass is 10.2. The Bertz CT molecular complexity index is 640. The number of rotatable bonds is 5. The van der Waals surface area contributed by atoms with E-state index in [1.807, 2.05) is 13.0 Å². The smallest absolute Gasteiger partial charge is 0.246 e. The molecule has 2 rings (SSSR count). The lowest BCUT2D eigenvalue weighted by molar-refractivity contribution is -0.135. The third kappa shape index (κ3) is 4.20. The molecule has 1 N–H and O–H groups in total. The Morgan fingerprint density at radius 2 is 1.92 bits per heavy atom. The summed E-state index contributed by atoms with van der Waals surface area (Å²) in [4.78, 5) is 27.3. The summed E-state index contributed by atoms with van der Waals surface area (Å²) in [6, 6.07) is 3.58. The summed E-state index contributed by atoms with van der Waals surface area (Å²) in [6.45, 7) is 7.64. The highest BCUT2D eigenvalue weighted by molar-refractivity contribution is 6.31. The zero-order valence-electron chi connectivity index (χ0n) is 14.0. The molecule has 1 aliphatic heterocycles. The molecule has 0 radical (unpaired) electrons. The molecule has 0 unspecified atom stereocenters. The number of hydrogen-bond donors (Lipinski definition) is 1. The number of nitrogens with one attached hydrogen (secondary N) is 1. The molecule has 1 heterocycles. The highest BCUT2D eigenvalue weighted by Gasteiger charge is 2.22. The van der Waals surface area contributed by atoms with E-state index in [-0.39, 0.29) is 18.4 Å². The second-order valence-electron chi connectivity index (χ2n) is 5.57. The molecule has 1 fully saturated rings. The Morgan fingerprint density at radius 1 is 1.29 bits per heavy atom. The largest absolute Gasteiger partial charge is 0.495 e. The van der Waals surface area contributed by atoms with Crippen LogP contribution in [0.25, 0.3) is 0 Å². The Hall–Kier alpha value is -2.21. The minimum Gasteiger partial charge on any atom is -0.495 e. The average Bonchev–Trinajstić information content (AvgIpc) is 2.61. The maximum atomic E-state index is 12.3. The molecule has 0 bridgehead atoms. The summed E-state index contributed by atoms with van der Waals surface area (Å²) < 4.78 is 5.29. The van der Waals surface area contributed by atoms with Gasteiger partial charge in [0.25, 0.3) is 0 Å². The standard InChI is InChI=1S/C17H22ClN3O3/c1-4-16(22)20-5-7-21(8-6-20)17(23)11-19-14-9-12(2)13(18)10-15(14)24-3/h4,9-10,19H,1,5-8,11H2,2-3H3. The van der Waals surface area contributed by atoms with Crippen LogP contribution in [-0.4, -0.2) is 61.4 Å². The van der Waals surface area contributed by atoms with Crippen LogP contribution in [0.1, 0.15) is 5.56 Å². The first-order valence-electron chi connectivity index (χ1n) is 7.73. The van der Waals surface area contributed by atoms with Crippen molar-refractivity contribution in [1.29, 1.82) is 0 Å². The first kappa shape index (κ1) is 18.1. The molecule has 24 heavy (non-hydrogen) atoms. The molecular weight excluding hydrogens is 330 g/mol. The SMILES string of the molecule is C=CC(=O)N1CCN(C(=O)CNc2cc(C)c(Cl)cc2OC)CC1. The highest BCUT2D eigenvalue weighted by Crippen LogP contribution is 2.30. The minimum absolute atomic E-state index is 0.0182. The number of hydrogen-bond acceptors (Lipinski definition) is 4. The van der Waals surface area contributed by atoms with Crippen molar-refractivity contribution in [2.24, 2.45) is 0 Å². The van der Waals surface area contributed by atoms with Crippen LogP contribution in [-0.2, 0) is 9.59 Å². The summed E-state index contributed by atoms with van der Waals surface area (Å²) in [5, 5.41) is 3.72. The highest BCUT2D eigenvalue weighted by atomic mass is 35.5. The van der Waals surface area contributed by atoms with Gasteiger partial charge in [0.1, 0.15) is 5.75 Å². The molecule has 7 heteroatoms. The van der Waals surface area contributed by atoms with Crippen LogP contribution in [0.3, 0.4) is 0 Å². The Morgan fingerprint density at radius 3 is 2.50 bits per heavy atom. The lowest BCUT2D eigenvalue weighted by Gasteiger charge is -2.34. The van der Waals surface area contributed by atoms with Gasteiger partial charge in [0.2, 0.25) is 11.8 Å². The second-order valence-corrected chi connectivity index (χ2v) is 5.97. The van der Waals surface area contributed by atoms with Gasteiger partial charge in [0.15, 0.2) is 0 Å². The number of amides is 2. The predicted octanol–water partition coefficient (Wildman–Crippen LogP) is 1.93. The molecule has 2 amide bonds. The van der Waals surface area contributed by atoms with Gasteiger partial charge in [-0.3, -0.25) is 9.59 Å². The predicted molar refractivity (Wildman–Crippen MR) is 94.6 cm³/mol. The third-order valence-electron chi connectivity index (χ3n) is 4.03. The van der Waals surface area contributed by atoms with Crippen molar-refractivity contribution in [2.75, 3.05) is 45.2 Å². The number of benzene rings is 1. The van der Waals surface area contributed by atoms with Crippen molar-refractivity contribution in [2.45, 2.75) is 6.92 Å². The van der Waals surface area contributed by atoms with Crippen LogP contribution < -0.4 is 10.1 Å². The summed E-state index contributed by atoms with van der Waals surface area (Å²) in [7, 11) is 1.56. The summed E-state index contributed by atoms with van der Waals surface area (Å²) >= 11 is 6.08. The molecule has 0 saturated carbocycles. The number of halogens is 1. The normalized spacial score (nSPS) is 14.3. The van der Waals surface area contributed by atoms with Crippen LogP contribution in [0.2, 0.25) is 5.02 Å². The topological polar surface area (TPSA) is 61.9 Å². The van der Waals surface area contributed by atoms with E-state index in [4.69, 9.17) is 16.3 Å². The number of anilines is 1. The summed E-state index contributed by atoms with van der Waals surface area (Å²) in [5.41, 5.74) is 1.64. The van der Waals surface area contributed by atoms with Crippen molar-refractivity contribution in [1.82, 2.24) is 9.80 Å². The fourth-order valence-corrected chi connectivity index (χ4v) is 2.71. The number of ether oxygens (including phenoxy) is 1. The fourth-order valence-electron chi connectivity index (χ4n) is 2.56. The van der Waals surface area contributed by atoms with E-state index >= 15 is 0 Å². The third-order valence-corrected chi connectivity index (χ3v) is 4.44. The van der Waals surface area contributed by atoms with Gasteiger partial charge < -0.3 is 19.9 Å². The van der Waals surface area contributed by atoms with Gasteiger partial charge in [0, 0.05) is 37.3 Å². The Balaban J connectivity index is 1.91. The van der Waals surface area contributed by atoms with Crippen LogP contribution in [0.5, 0.6) is 5.75 Å². The van der Waals surface area contributed by atoms with Crippen LogP contribution in [0.4, 0.5) is 5.69 Å². The van der Waals surface area contributed by atoms with E-state index in [1.54, 1.807) is 23.0 Å². The van der Waals surface area contributed by atoms with E-state index in [2.05, 4.69) is 11.9 Å². The Labute approximate surface area is 147 Å². The number of carbonyl (C=O) groups is 2. The zero-order chi connectivity index (χ0) is 17.7. The quantitative estimate of drug-likeness (QED) is 0.823. The molecule has 6 nitrogen and oxygen atoms in total. The van der Waals surface area contributed by atoms with Crippen molar-refractivity contribution < 1.29 is 14.3 Å². The molecule has 1 aromatic rings. The van der Waals surface area contributed by atoms with Crippen LogP contribution >= 0.6 is 11.6 Å². The van der Waals surface area contributed by atoms with E-state index in [9.17, 15) is 9.59 Å². The first-order chi connectivity index (χ1) is 11.5. The van der Waals surface area contributed by atoms with Crippen LogP contribution in [0, 0.1) is 6.92 Å². The van der Waals surface area contributed by atoms with Gasteiger partial charge >= 0.3 is 0 Å². The van der Waals surface area contributed by atoms with Crippen molar-refractivity contribution in [3.63, 3.8) is 0 Å². The lowest BCUT2D eigenvalue weighted by Crippen LogP contribution is -2.51. The molecule has 1 saturated heterocycles. The van der Waals surface area contributed by atoms with Gasteiger partial charge in [0.05, 0.1) is 19.3 Å². The van der Waals surface area contributed by atoms with Crippen molar-refractivity contribution >= 4 is 29.1 Å². The molecule has 130 valence electrons. The molecule has 0 aliphatic carbocycles.